The molecule has 340 valence electrons. The van der Waals surface area contributed by atoms with Gasteiger partial charge in [-0.3, -0.25) is 23.1 Å². The molecule has 8 rings (SSSR count). The maximum atomic E-state index is 12.5. The second-order valence-electron chi connectivity index (χ2n) is 17.5. The molecule has 2 bridgehead atoms. The summed E-state index contributed by atoms with van der Waals surface area (Å²) in [5.74, 6) is 0. The van der Waals surface area contributed by atoms with Gasteiger partial charge < -0.3 is 4.90 Å². The van der Waals surface area contributed by atoms with Crippen molar-refractivity contribution in [1.29, 1.82) is 0 Å². The van der Waals surface area contributed by atoms with Crippen LogP contribution in [0.4, 0.5) is 11.4 Å². The Balaban J connectivity index is 1.25. The Hall–Kier alpha value is -4.28. The minimum absolute atomic E-state index is 0.0312. The highest BCUT2D eigenvalue weighted by Crippen LogP contribution is 2.53. The summed E-state index contributed by atoms with van der Waals surface area (Å²) in [6.07, 6.45) is 9.50. The van der Waals surface area contributed by atoms with Crippen LogP contribution in [0, 0.1) is 0 Å². The number of halogens is 1. The van der Waals surface area contributed by atoms with Crippen molar-refractivity contribution in [3.8, 4) is 0 Å². The summed E-state index contributed by atoms with van der Waals surface area (Å²) in [4.78, 5) is 1.67. The number of fused-ring (bicyclic) bond motifs is 8. The third-order valence-electron chi connectivity index (χ3n) is 13.3. The zero-order valence-corrected chi connectivity index (χ0v) is 39.8. The molecule has 4 heterocycles. The molecule has 0 radical (unpaired) electrons. The van der Waals surface area contributed by atoms with Gasteiger partial charge in [-0.25, -0.2) is 0 Å². The van der Waals surface area contributed by atoms with E-state index in [0.29, 0.717) is 40.6 Å². The highest BCUT2D eigenvalue weighted by molar-refractivity contribution is 7.87. The fourth-order valence-corrected chi connectivity index (χ4v) is 13.6. The SMILES string of the molecule is CCN1/C(=C/C=C2C(Cl)=C(/C=C/C3=[N+](CC)c4ccc5c(S(=O)(=O)O)cc(S(=O)(=O)O)cc5c4C3(C)C)C3CCC/2N3C)C(C)(C)c2c1ccc1c(S(=O)(=O)O)cc(S(=O)(=O)O)cc21. The van der Waals surface area contributed by atoms with Crippen molar-refractivity contribution < 1.29 is 56.5 Å². The monoisotopic (exact) mass is 972 g/mol. The first-order valence-electron chi connectivity index (χ1n) is 20.3. The minimum Gasteiger partial charge on any atom is -0.344 e. The van der Waals surface area contributed by atoms with Gasteiger partial charge in [-0.15, -0.1) is 0 Å². The van der Waals surface area contributed by atoms with E-state index in [1.165, 1.54) is 24.3 Å². The average Bonchev–Trinajstić information content (AvgIpc) is 3.70. The molecule has 15 nitrogen and oxygen atoms in total. The Morgan fingerprint density at radius 3 is 1.73 bits per heavy atom. The average molecular weight is 974 g/mol. The van der Waals surface area contributed by atoms with E-state index in [4.69, 9.17) is 11.6 Å². The molecule has 0 aliphatic carbocycles. The molecule has 0 saturated carbocycles. The normalized spacial score (nSPS) is 22.6. The second kappa shape index (κ2) is 15.1. The van der Waals surface area contributed by atoms with Gasteiger partial charge >= 0.3 is 0 Å². The van der Waals surface area contributed by atoms with Crippen molar-refractivity contribution in [3.05, 3.63) is 106 Å². The molecule has 2 unspecified atom stereocenters. The molecule has 0 spiro atoms. The van der Waals surface area contributed by atoms with E-state index in [1.54, 1.807) is 12.1 Å². The third-order valence-corrected chi connectivity index (χ3v) is 17.2. The van der Waals surface area contributed by atoms with E-state index in [0.717, 1.165) is 47.5 Å². The van der Waals surface area contributed by atoms with Crippen molar-refractivity contribution in [3.63, 3.8) is 0 Å². The molecule has 1 saturated heterocycles. The molecule has 4 N–H and O–H groups in total. The quantitative estimate of drug-likeness (QED) is 0.0940. The molecule has 0 aromatic heterocycles. The number of likely N-dealkylation sites (N-methyl/N-ethyl adjacent to an activating group) is 2. The predicted molar refractivity (Wildman–Crippen MR) is 244 cm³/mol. The van der Waals surface area contributed by atoms with Crippen LogP contribution in [-0.4, -0.2) is 99.3 Å². The first-order valence-corrected chi connectivity index (χ1v) is 26.5. The maximum Gasteiger partial charge on any atom is 0.295 e. The third kappa shape index (κ3) is 7.19. The zero-order chi connectivity index (χ0) is 47.0. The van der Waals surface area contributed by atoms with Crippen molar-refractivity contribution in [2.75, 3.05) is 25.0 Å². The molecule has 20 heteroatoms. The molecule has 4 aromatic rings. The summed E-state index contributed by atoms with van der Waals surface area (Å²) in [5, 5.41) is 1.22. The molecule has 2 atom stereocenters. The van der Waals surface area contributed by atoms with Gasteiger partial charge in [0.2, 0.25) is 5.69 Å². The molecular formula is C44H47ClN3O12S4+. The first kappa shape index (κ1) is 46.3. The lowest BCUT2D eigenvalue weighted by Crippen LogP contribution is -2.38. The summed E-state index contributed by atoms with van der Waals surface area (Å²) in [6, 6.07) is 10.3. The van der Waals surface area contributed by atoms with E-state index in [2.05, 4.69) is 4.90 Å². The summed E-state index contributed by atoms with van der Waals surface area (Å²) in [5.41, 5.74) is 4.21. The summed E-state index contributed by atoms with van der Waals surface area (Å²) < 4.78 is 142. The van der Waals surface area contributed by atoms with Gasteiger partial charge in [-0.1, -0.05) is 37.6 Å². The number of benzene rings is 4. The molecule has 1 fully saturated rings. The lowest BCUT2D eigenvalue weighted by Gasteiger charge is -2.34. The Morgan fingerprint density at radius 1 is 0.688 bits per heavy atom. The van der Waals surface area contributed by atoms with E-state index >= 15 is 0 Å². The van der Waals surface area contributed by atoms with Crippen LogP contribution in [0.2, 0.25) is 0 Å². The Kier molecular flexibility index (Phi) is 10.9. The molecule has 4 aliphatic rings. The van der Waals surface area contributed by atoms with Gasteiger partial charge in [-0.2, -0.15) is 38.2 Å². The van der Waals surface area contributed by atoms with Crippen LogP contribution in [0.1, 0.15) is 65.5 Å². The van der Waals surface area contributed by atoms with E-state index in [9.17, 15) is 51.9 Å². The molecule has 0 amide bonds. The van der Waals surface area contributed by atoms with Gasteiger partial charge in [0.1, 0.15) is 16.3 Å². The lowest BCUT2D eigenvalue weighted by atomic mass is 9.78. The fraction of sp³-hybridized carbons (Fsp3) is 0.341. The van der Waals surface area contributed by atoms with Crippen LogP contribution in [0.3, 0.4) is 0 Å². The van der Waals surface area contributed by atoms with Crippen molar-refractivity contribution in [1.82, 2.24) is 4.90 Å². The van der Waals surface area contributed by atoms with Gasteiger partial charge in [0.15, 0.2) is 5.71 Å². The molecule has 4 aromatic carbocycles. The Bertz CT molecular complexity index is 3410. The van der Waals surface area contributed by atoms with Crippen LogP contribution in [0.15, 0.2) is 114 Å². The molecular weight excluding hydrogens is 926 g/mol. The van der Waals surface area contributed by atoms with Crippen LogP contribution in [-0.2, 0) is 51.3 Å². The first-order chi connectivity index (χ1) is 29.5. The van der Waals surface area contributed by atoms with E-state index < -0.39 is 70.9 Å². The lowest BCUT2D eigenvalue weighted by molar-refractivity contribution is -0.433. The zero-order valence-electron chi connectivity index (χ0n) is 35.8. The van der Waals surface area contributed by atoms with Crippen LogP contribution >= 0.6 is 11.6 Å². The summed E-state index contributed by atoms with van der Waals surface area (Å²) >= 11 is 7.42. The highest BCUT2D eigenvalue weighted by atomic mass is 35.5. The van der Waals surface area contributed by atoms with E-state index in [1.807, 2.05) is 82.4 Å². The second-order valence-corrected chi connectivity index (χ2v) is 23.5. The maximum absolute atomic E-state index is 12.5. The van der Waals surface area contributed by atoms with Gasteiger partial charge in [-0.05, 0) is 124 Å². The predicted octanol–water partition coefficient (Wildman–Crippen LogP) is 7.53. The molecule has 4 aliphatic heterocycles. The number of nitrogens with zero attached hydrogens (tertiary/aromatic N) is 3. The van der Waals surface area contributed by atoms with Crippen LogP contribution in [0.5, 0.6) is 0 Å². The number of hydrogen-bond donors (Lipinski definition) is 4. The number of allylic oxidation sites excluding steroid dienone is 4. The van der Waals surface area contributed by atoms with Crippen molar-refractivity contribution >= 4 is 90.7 Å². The summed E-state index contributed by atoms with van der Waals surface area (Å²) in [7, 11) is -17.5. The highest BCUT2D eigenvalue weighted by Gasteiger charge is 2.47. The largest absolute Gasteiger partial charge is 0.344 e. The number of rotatable bonds is 9. The summed E-state index contributed by atoms with van der Waals surface area (Å²) in [6.45, 7) is 12.6. The Labute approximate surface area is 377 Å². The van der Waals surface area contributed by atoms with Crippen LogP contribution < -0.4 is 4.90 Å². The fourth-order valence-electron chi connectivity index (χ4n) is 10.5. The topological polar surface area (TPSA) is 227 Å². The van der Waals surface area contributed by atoms with Crippen LogP contribution in [0.25, 0.3) is 21.5 Å². The minimum atomic E-state index is -4.91. The number of anilines is 1. The van der Waals surface area contributed by atoms with Gasteiger partial charge in [0.25, 0.3) is 40.5 Å². The van der Waals surface area contributed by atoms with Gasteiger partial charge in [0, 0.05) is 63.9 Å². The Morgan fingerprint density at radius 2 is 1.22 bits per heavy atom. The molecule has 64 heavy (non-hydrogen) atoms. The smallest absolute Gasteiger partial charge is 0.295 e. The number of hydrogen-bond acceptors (Lipinski definition) is 10. The van der Waals surface area contributed by atoms with E-state index in [-0.39, 0.29) is 33.6 Å². The standard InChI is InChI=1S/C44H46ClN3O12S4/c1-8-47-34-14-10-26-30(20-24(61(49,50)51)22-36(26)63(55,56)57)40(34)43(3,4)38(47)18-12-28-32-16-17-33(46(32)7)29(42(28)45)13-19-39-44(5,6)41-31-21-25(62(52,53)54)23-37(64(58,59)60)27(31)11-15-35(41)48(39)9-2/h10-15,18-23,32-33H,8-9,16-17H2,1-7H3,(H3-,49,50,51,52,53,54,55,56,57,58,59,60)/p+1. The van der Waals surface area contributed by atoms with Gasteiger partial charge in [0.05, 0.1) is 20.2 Å². The van der Waals surface area contributed by atoms with Crippen molar-refractivity contribution in [2.24, 2.45) is 0 Å². The van der Waals surface area contributed by atoms with Crippen molar-refractivity contribution in [2.45, 2.75) is 96.9 Å².